The molecule has 0 radical (unpaired) electrons. The number of benzene rings is 3. The summed E-state index contributed by atoms with van der Waals surface area (Å²) in [7, 11) is 0. The SMILES string of the molecule is O=C(c1ccccc1)c1cc(C(=O)c2ccc(Br)cc2)c(Nc2ccccc2)s1. The molecule has 0 amide bonds. The van der Waals surface area contributed by atoms with Gasteiger partial charge in [0.25, 0.3) is 0 Å². The predicted molar refractivity (Wildman–Crippen MR) is 121 cm³/mol. The van der Waals surface area contributed by atoms with Gasteiger partial charge in [-0.15, -0.1) is 11.3 Å². The summed E-state index contributed by atoms with van der Waals surface area (Å²) >= 11 is 4.69. The summed E-state index contributed by atoms with van der Waals surface area (Å²) in [6.07, 6.45) is 0. The monoisotopic (exact) mass is 461 g/mol. The third kappa shape index (κ3) is 4.36. The van der Waals surface area contributed by atoms with Gasteiger partial charge in [0.2, 0.25) is 5.78 Å². The molecule has 0 unspecified atom stereocenters. The fourth-order valence-electron chi connectivity index (χ4n) is 2.91. The summed E-state index contributed by atoms with van der Waals surface area (Å²) in [5, 5.41) is 3.95. The first-order chi connectivity index (χ1) is 14.1. The van der Waals surface area contributed by atoms with Gasteiger partial charge in [-0.3, -0.25) is 9.59 Å². The maximum atomic E-state index is 13.2. The lowest BCUT2D eigenvalue weighted by molar-refractivity contribution is 0.103. The van der Waals surface area contributed by atoms with Crippen molar-refractivity contribution in [3.63, 3.8) is 0 Å². The van der Waals surface area contributed by atoms with Crippen molar-refractivity contribution in [1.82, 2.24) is 0 Å². The Hall–Kier alpha value is -3.02. The Balaban J connectivity index is 1.75. The molecular formula is C24H16BrNO2S. The van der Waals surface area contributed by atoms with Gasteiger partial charge in [-0.1, -0.05) is 64.5 Å². The quantitative estimate of drug-likeness (QED) is 0.324. The van der Waals surface area contributed by atoms with Crippen LogP contribution in [0.3, 0.4) is 0 Å². The highest BCUT2D eigenvalue weighted by molar-refractivity contribution is 9.10. The largest absolute Gasteiger partial charge is 0.347 e. The van der Waals surface area contributed by atoms with Crippen LogP contribution in [0.15, 0.2) is 95.5 Å². The van der Waals surface area contributed by atoms with Crippen LogP contribution in [0, 0.1) is 0 Å². The molecule has 5 heteroatoms. The normalized spacial score (nSPS) is 10.5. The molecular weight excluding hydrogens is 446 g/mol. The fraction of sp³-hybridized carbons (Fsp3) is 0. The average molecular weight is 462 g/mol. The minimum atomic E-state index is -0.126. The predicted octanol–water partition coefficient (Wildman–Crippen LogP) is 6.72. The number of hydrogen-bond acceptors (Lipinski definition) is 4. The van der Waals surface area contributed by atoms with E-state index in [1.165, 1.54) is 11.3 Å². The second-order valence-electron chi connectivity index (χ2n) is 6.38. The lowest BCUT2D eigenvalue weighted by Crippen LogP contribution is -2.03. The van der Waals surface area contributed by atoms with Gasteiger partial charge >= 0.3 is 0 Å². The highest BCUT2D eigenvalue weighted by Gasteiger charge is 2.21. The van der Waals surface area contributed by atoms with Crippen LogP contribution in [0.1, 0.15) is 31.2 Å². The summed E-state index contributed by atoms with van der Waals surface area (Å²) in [6, 6.07) is 27.6. The molecule has 0 aliphatic carbocycles. The summed E-state index contributed by atoms with van der Waals surface area (Å²) in [5.74, 6) is -0.221. The maximum absolute atomic E-state index is 13.2. The Kier molecular flexibility index (Phi) is 5.69. The van der Waals surface area contributed by atoms with E-state index in [-0.39, 0.29) is 11.6 Å². The number of nitrogens with one attached hydrogen (secondary N) is 1. The van der Waals surface area contributed by atoms with Crippen molar-refractivity contribution in [2.45, 2.75) is 0 Å². The molecule has 0 saturated carbocycles. The number of para-hydroxylation sites is 1. The molecule has 0 bridgehead atoms. The molecule has 0 aliphatic heterocycles. The molecule has 29 heavy (non-hydrogen) atoms. The van der Waals surface area contributed by atoms with Crippen molar-refractivity contribution in [2.75, 3.05) is 5.32 Å². The van der Waals surface area contributed by atoms with Gasteiger partial charge in [-0.25, -0.2) is 0 Å². The smallest absolute Gasteiger partial charge is 0.203 e. The molecule has 3 aromatic carbocycles. The molecule has 1 N–H and O–H groups in total. The number of rotatable bonds is 6. The molecule has 0 atom stereocenters. The number of ketones is 2. The van der Waals surface area contributed by atoms with E-state index in [4.69, 9.17) is 0 Å². The second-order valence-corrected chi connectivity index (χ2v) is 8.34. The van der Waals surface area contributed by atoms with Crippen molar-refractivity contribution in [2.24, 2.45) is 0 Å². The maximum Gasteiger partial charge on any atom is 0.203 e. The van der Waals surface area contributed by atoms with Gasteiger partial charge in [-0.2, -0.15) is 0 Å². The second kappa shape index (κ2) is 8.55. The van der Waals surface area contributed by atoms with E-state index in [0.717, 1.165) is 10.2 Å². The van der Waals surface area contributed by atoms with E-state index in [0.29, 0.717) is 26.6 Å². The van der Waals surface area contributed by atoms with E-state index in [1.807, 2.05) is 60.7 Å². The highest BCUT2D eigenvalue weighted by atomic mass is 79.9. The Morgan fingerprint density at radius 2 is 1.31 bits per heavy atom. The van der Waals surface area contributed by atoms with Crippen LogP contribution >= 0.6 is 27.3 Å². The van der Waals surface area contributed by atoms with Crippen molar-refractivity contribution >= 4 is 49.5 Å². The number of carbonyl (C=O) groups excluding carboxylic acids is 2. The van der Waals surface area contributed by atoms with E-state index >= 15 is 0 Å². The van der Waals surface area contributed by atoms with Crippen LogP contribution in [0.4, 0.5) is 10.7 Å². The van der Waals surface area contributed by atoms with Crippen LogP contribution in [-0.2, 0) is 0 Å². The summed E-state index contributed by atoms with van der Waals surface area (Å²) < 4.78 is 0.905. The van der Waals surface area contributed by atoms with Gasteiger partial charge in [0.1, 0.15) is 5.00 Å². The van der Waals surface area contributed by atoms with Crippen LogP contribution in [-0.4, -0.2) is 11.6 Å². The summed E-state index contributed by atoms with van der Waals surface area (Å²) in [4.78, 5) is 26.6. The molecule has 0 fully saturated rings. The molecule has 0 aliphatic rings. The molecule has 1 heterocycles. The van der Waals surface area contributed by atoms with Crippen LogP contribution in [0.5, 0.6) is 0 Å². The Bertz CT molecular complexity index is 1150. The summed E-state index contributed by atoms with van der Waals surface area (Å²) in [6.45, 7) is 0. The number of halogens is 1. The molecule has 0 spiro atoms. The van der Waals surface area contributed by atoms with E-state index in [9.17, 15) is 9.59 Å². The van der Waals surface area contributed by atoms with Crippen molar-refractivity contribution in [1.29, 1.82) is 0 Å². The zero-order valence-corrected chi connectivity index (χ0v) is 17.7. The molecule has 142 valence electrons. The van der Waals surface area contributed by atoms with Crippen LogP contribution in [0.2, 0.25) is 0 Å². The van der Waals surface area contributed by atoms with Crippen molar-refractivity contribution < 1.29 is 9.59 Å². The number of hydrogen-bond donors (Lipinski definition) is 1. The Labute approximate surface area is 181 Å². The average Bonchev–Trinajstić information content (AvgIpc) is 3.18. The Morgan fingerprint density at radius 1 is 0.724 bits per heavy atom. The zero-order valence-electron chi connectivity index (χ0n) is 15.3. The topological polar surface area (TPSA) is 46.2 Å². The third-order valence-corrected chi connectivity index (χ3v) is 5.95. The van der Waals surface area contributed by atoms with Gasteiger partial charge in [0.05, 0.1) is 10.4 Å². The first-order valence-corrected chi connectivity index (χ1v) is 10.6. The highest BCUT2D eigenvalue weighted by Crippen LogP contribution is 2.34. The first kappa shape index (κ1) is 19.3. The van der Waals surface area contributed by atoms with Crippen molar-refractivity contribution in [3.05, 3.63) is 117 Å². The van der Waals surface area contributed by atoms with E-state index in [2.05, 4.69) is 21.2 Å². The fourth-order valence-corrected chi connectivity index (χ4v) is 4.21. The number of carbonyl (C=O) groups is 2. The van der Waals surface area contributed by atoms with Gasteiger partial charge in [0, 0.05) is 21.3 Å². The van der Waals surface area contributed by atoms with E-state index < -0.39 is 0 Å². The van der Waals surface area contributed by atoms with Gasteiger partial charge in [0.15, 0.2) is 5.78 Å². The third-order valence-electron chi connectivity index (χ3n) is 4.37. The lowest BCUT2D eigenvalue weighted by Gasteiger charge is -2.07. The number of thiophene rings is 1. The zero-order chi connectivity index (χ0) is 20.2. The van der Waals surface area contributed by atoms with Crippen molar-refractivity contribution in [3.8, 4) is 0 Å². The van der Waals surface area contributed by atoms with Crippen LogP contribution in [0.25, 0.3) is 0 Å². The molecule has 4 aromatic rings. The van der Waals surface area contributed by atoms with E-state index in [1.54, 1.807) is 30.3 Å². The number of anilines is 2. The molecule has 4 rings (SSSR count). The minimum Gasteiger partial charge on any atom is -0.347 e. The summed E-state index contributed by atoms with van der Waals surface area (Å²) in [5.41, 5.74) is 2.52. The standard InChI is InChI=1S/C24H16BrNO2S/c25-18-13-11-17(12-14-18)22(27)20-15-21(23(28)16-7-3-1-4-8-16)29-24(20)26-19-9-5-2-6-10-19/h1-15,26H. The first-order valence-electron chi connectivity index (χ1n) is 8.98. The minimum absolute atomic E-state index is 0.0958. The Morgan fingerprint density at radius 3 is 1.97 bits per heavy atom. The van der Waals surface area contributed by atoms with Crippen LogP contribution < -0.4 is 5.32 Å². The van der Waals surface area contributed by atoms with Gasteiger partial charge in [-0.05, 0) is 42.5 Å². The molecule has 3 nitrogen and oxygen atoms in total. The molecule has 0 saturated heterocycles. The van der Waals surface area contributed by atoms with Gasteiger partial charge < -0.3 is 5.32 Å². The molecule has 1 aromatic heterocycles. The lowest BCUT2D eigenvalue weighted by atomic mass is 10.0.